The van der Waals surface area contributed by atoms with E-state index in [1.165, 1.54) is 5.75 Å². The van der Waals surface area contributed by atoms with Crippen LogP contribution < -0.4 is 10.2 Å². The van der Waals surface area contributed by atoms with E-state index in [0.29, 0.717) is 11.3 Å². The zero-order valence-electron chi connectivity index (χ0n) is 13.2. The molecule has 20 heavy (non-hydrogen) atoms. The monoisotopic (exact) mass is 294 g/mol. The molecule has 1 N–H and O–H groups in total. The number of rotatable bonds is 3. The largest absolute Gasteiger partial charge is 0.350 e. The second kappa shape index (κ2) is 6.31. The van der Waals surface area contributed by atoms with Gasteiger partial charge in [0.25, 0.3) is 0 Å². The highest BCUT2D eigenvalue weighted by atomic mass is 32.2. The van der Waals surface area contributed by atoms with Crippen LogP contribution in [0.4, 0.5) is 5.82 Å². The maximum Gasteiger partial charge on any atom is 0.151 e. The lowest BCUT2D eigenvalue weighted by Crippen LogP contribution is -2.45. The van der Waals surface area contributed by atoms with E-state index < -0.39 is 0 Å². The van der Waals surface area contributed by atoms with Crippen LogP contribution in [0.3, 0.4) is 0 Å². The summed E-state index contributed by atoms with van der Waals surface area (Å²) in [6.45, 7) is 12.9. The van der Waals surface area contributed by atoms with E-state index in [-0.39, 0.29) is 5.54 Å². The molecular weight excluding hydrogens is 268 g/mol. The molecule has 1 aromatic heterocycles. The predicted molar refractivity (Wildman–Crippen MR) is 87.4 cm³/mol. The first-order valence-corrected chi connectivity index (χ1v) is 8.37. The van der Waals surface area contributed by atoms with Crippen LogP contribution in [-0.4, -0.2) is 39.3 Å². The first-order valence-electron chi connectivity index (χ1n) is 7.33. The summed E-state index contributed by atoms with van der Waals surface area (Å²) in [5, 5.41) is 12.8. The molecule has 1 aliphatic heterocycles. The number of hydrogen-bond donors (Lipinski definition) is 1. The zero-order chi connectivity index (χ0) is 14.8. The van der Waals surface area contributed by atoms with Crippen molar-refractivity contribution in [2.24, 2.45) is 0 Å². The number of nitrogens with zero attached hydrogens (tertiary/aromatic N) is 3. The van der Waals surface area contributed by atoms with Gasteiger partial charge in [-0.1, -0.05) is 6.92 Å². The SMILES string of the molecule is CC1SCCN(c2ccc(CNC(C)(C)C)nn2)C1C. The van der Waals surface area contributed by atoms with Gasteiger partial charge in [-0.15, -0.1) is 5.10 Å². The van der Waals surface area contributed by atoms with Crippen molar-refractivity contribution in [1.29, 1.82) is 0 Å². The summed E-state index contributed by atoms with van der Waals surface area (Å²) in [6, 6.07) is 4.70. The van der Waals surface area contributed by atoms with E-state index in [1.807, 2.05) is 11.8 Å². The number of aromatic nitrogens is 2. The van der Waals surface area contributed by atoms with Gasteiger partial charge < -0.3 is 10.2 Å². The molecule has 0 aliphatic carbocycles. The van der Waals surface area contributed by atoms with Crippen LogP contribution in [0.25, 0.3) is 0 Å². The highest BCUT2D eigenvalue weighted by Gasteiger charge is 2.26. The summed E-state index contributed by atoms with van der Waals surface area (Å²) in [5.74, 6) is 2.17. The molecule has 2 rings (SSSR count). The quantitative estimate of drug-likeness (QED) is 0.928. The maximum atomic E-state index is 4.41. The Bertz CT molecular complexity index is 426. The van der Waals surface area contributed by atoms with Crippen LogP contribution in [0.5, 0.6) is 0 Å². The molecule has 1 saturated heterocycles. The van der Waals surface area contributed by atoms with Gasteiger partial charge in [0, 0.05) is 35.7 Å². The molecule has 5 heteroatoms. The smallest absolute Gasteiger partial charge is 0.151 e. The average molecular weight is 294 g/mol. The average Bonchev–Trinajstić information content (AvgIpc) is 2.40. The molecule has 1 aliphatic rings. The van der Waals surface area contributed by atoms with Gasteiger partial charge in [0.2, 0.25) is 0 Å². The van der Waals surface area contributed by atoms with Crippen molar-refractivity contribution in [3.63, 3.8) is 0 Å². The molecule has 1 fully saturated rings. The van der Waals surface area contributed by atoms with Gasteiger partial charge in [-0.3, -0.25) is 0 Å². The minimum atomic E-state index is 0.106. The van der Waals surface area contributed by atoms with Crippen LogP contribution in [-0.2, 0) is 6.54 Å². The van der Waals surface area contributed by atoms with Gasteiger partial charge in [0.15, 0.2) is 5.82 Å². The minimum absolute atomic E-state index is 0.106. The van der Waals surface area contributed by atoms with Gasteiger partial charge in [-0.25, -0.2) is 0 Å². The van der Waals surface area contributed by atoms with Crippen molar-refractivity contribution >= 4 is 17.6 Å². The molecule has 0 spiro atoms. The van der Waals surface area contributed by atoms with Crippen LogP contribution in [0.15, 0.2) is 12.1 Å². The second-order valence-corrected chi connectivity index (χ2v) is 7.98. The van der Waals surface area contributed by atoms with Crippen LogP contribution >= 0.6 is 11.8 Å². The van der Waals surface area contributed by atoms with Gasteiger partial charge in [-0.2, -0.15) is 16.9 Å². The number of thioether (sulfide) groups is 1. The Hall–Kier alpha value is -0.810. The Labute approximate surface area is 126 Å². The number of hydrogen-bond acceptors (Lipinski definition) is 5. The lowest BCUT2D eigenvalue weighted by molar-refractivity contribution is 0.420. The Morgan fingerprint density at radius 1 is 1.30 bits per heavy atom. The lowest BCUT2D eigenvalue weighted by Gasteiger charge is -2.38. The van der Waals surface area contributed by atoms with Crippen LogP contribution in [0.1, 0.15) is 40.3 Å². The summed E-state index contributed by atoms with van der Waals surface area (Å²) in [5.41, 5.74) is 1.10. The molecule has 2 unspecified atom stereocenters. The third kappa shape index (κ3) is 4.09. The van der Waals surface area contributed by atoms with Crippen LogP contribution in [0, 0.1) is 0 Å². The topological polar surface area (TPSA) is 41.0 Å². The van der Waals surface area contributed by atoms with E-state index >= 15 is 0 Å². The van der Waals surface area contributed by atoms with Gasteiger partial charge in [-0.05, 0) is 39.8 Å². The summed E-state index contributed by atoms with van der Waals surface area (Å²) < 4.78 is 0. The van der Waals surface area contributed by atoms with Crippen molar-refractivity contribution in [2.45, 2.75) is 58.0 Å². The number of nitrogens with one attached hydrogen (secondary N) is 1. The summed E-state index contributed by atoms with van der Waals surface area (Å²) in [4.78, 5) is 2.37. The fourth-order valence-corrected chi connectivity index (χ4v) is 3.31. The molecule has 1 aromatic rings. The molecule has 112 valence electrons. The van der Waals surface area contributed by atoms with Gasteiger partial charge >= 0.3 is 0 Å². The zero-order valence-corrected chi connectivity index (χ0v) is 14.0. The fourth-order valence-electron chi connectivity index (χ4n) is 2.21. The first-order chi connectivity index (χ1) is 9.37. The molecule has 2 atom stereocenters. The van der Waals surface area contributed by atoms with Crippen LogP contribution in [0.2, 0.25) is 0 Å². The Morgan fingerprint density at radius 2 is 2.05 bits per heavy atom. The molecule has 0 bridgehead atoms. The fraction of sp³-hybridized carbons (Fsp3) is 0.733. The molecule has 4 nitrogen and oxygen atoms in total. The predicted octanol–water partition coefficient (Wildman–Crippen LogP) is 2.69. The highest BCUT2D eigenvalue weighted by molar-refractivity contribution is 8.00. The van der Waals surface area contributed by atoms with Gasteiger partial charge in [0.05, 0.1) is 5.69 Å². The summed E-state index contributed by atoms with van der Waals surface area (Å²) in [7, 11) is 0. The molecule has 0 aromatic carbocycles. The van der Waals surface area contributed by atoms with Crippen molar-refractivity contribution in [3.05, 3.63) is 17.8 Å². The molecule has 2 heterocycles. The Kier molecular flexibility index (Phi) is 4.91. The first kappa shape index (κ1) is 15.6. The van der Waals surface area contributed by atoms with Gasteiger partial charge in [0.1, 0.15) is 0 Å². The van der Waals surface area contributed by atoms with E-state index in [2.05, 4.69) is 67.2 Å². The van der Waals surface area contributed by atoms with Crippen molar-refractivity contribution in [2.75, 3.05) is 17.2 Å². The molecule has 0 amide bonds. The van der Waals surface area contributed by atoms with E-state index in [9.17, 15) is 0 Å². The third-order valence-electron chi connectivity index (χ3n) is 3.68. The molecule has 0 saturated carbocycles. The highest BCUT2D eigenvalue weighted by Crippen LogP contribution is 2.27. The van der Waals surface area contributed by atoms with E-state index in [4.69, 9.17) is 0 Å². The van der Waals surface area contributed by atoms with Crippen molar-refractivity contribution in [3.8, 4) is 0 Å². The van der Waals surface area contributed by atoms with E-state index in [0.717, 1.165) is 24.6 Å². The normalized spacial score (nSPS) is 23.9. The minimum Gasteiger partial charge on any atom is -0.350 e. The van der Waals surface area contributed by atoms with Crippen molar-refractivity contribution in [1.82, 2.24) is 15.5 Å². The third-order valence-corrected chi connectivity index (χ3v) is 5.02. The second-order valence-electron chi connectivity index (χ2n) is 6.50. The standard InChI is InChI=1S/C15H26N4S/c1-11-12(2)20-9-8-19(11)14-7-6-13(17-18-14)10-16-15(3,4)5/h6-7,11-12,16H,8-10H2,1-5H3. The summed E-state index contributed by atoms with van der Waals surface area (Å²) in [6.07, 6.45) is 0. The maximum absolute atomic E-state index is 4.41. The summed E-state index contributed by atoms with van der Waals surface area (Å²) >= 11 is 2.04. The molecular formula is C15H26N4S. The lowest BCUT2D eigenvalue weighted by atomic mass is 10.1. The Morgan fingerprint density at radius 3 is 2.65 bits per heavy atom. The Balaban J connectivity index is 2.00. The molecule has 0 radical (unpaired) electrons. The van der Waals surface area contributed by atoms with E-state index in [1.54, 1.807) is 0 Å². The number of anilines is 1. The van der Waals surface area contributed by atoms with Crippen molar-refractivity contribution < 1.29 is 0 Å².